The molecular formula is C16H20N2O3. The highest BCUT2D eigenvalue weighted by Gasteiger charge is 2.25. The molecule has 0 saturated heterocycles. The maximum Gasteiger partial charge on any atom is 0.279 e. The van der Waals surface area contributed by atoms with Gasteiger partial charge in [-0.3, -0.25) is 14.9 Å². The summed E-state index contributed by atoms with van der Waals surface area (Å²) < 4.78 is 0. The third-order valence-electron chi connectivity index (χ3n) is 3.92. The number of aromatic nitrogens is 1. The van der Waals surface area contributed by atoms with Gasteiger partial charge in [0.15, 0.2) is 5.78 Å². The molecule has 0 aliphatic rings. The number of H-pyrrole nitrogens is 1. The average molecular weight is 288 g/mol. The summed E-state index contributed by atoms with van der Waals surface area (Å²) in [6.45, 7) is 4.08. The second-order valence-corrected chi connectivity index (χ2v) is 5.27. The number of aromatic amines is 1. The monoisotopic (exact) mass is 288 g/mol. The van der Waals surface area contributed by atoms with E-state index in [4.69, 9.17) is 0 Å². The van der Waals surface area contributed by atoms with Crippen LogP contribution in [-0.4, -0.2) is 15.7 Å². The lowest BCUT2D eigenvalue weighted by Crippen LogP contribution is -2.14. The second-order valence-electron chi connectivity index (χ2n) is 5.27. The predicted molar refractivity (Wildman–Crippen MR) is 82.6 cm³/mol. The van der Waals surface area contributed by atoms with Gasteiger partial charge in [-0.05, 0) is 18.9 Å². The lowest BCUT2D eigenvalue weighted by atomic mass is 9.90. The van der Waals surface area contributed by atoms with E-state index < -0.39 is 4.92 Å². The molecule has 112 valence electrons. The molecule has 2 rings (SSSR count). The number of Topliss-reactive ketones (excluding diaryl/α,β-unsaturated/α-hetero) is 1. The Bertz CT molecular complexity index is 661. The SMILES string of the molecule is CCCCC(CC)C(=O)c1c[nH]c2cccc([N+](=O)[O-])c12. The molecule has 5 heteroatoms. The largest absolute Gasteiger partial charge is 0.360 e. The number of hydrogen-bond donors (Lipinski definition) is 1. The van der Waals surface area contributed by atoms with E-state index in [0.717, 1.165) is 25.7 Å². The number of rotatable bonds is 7. The summed E-state index contributed by atoms with van der Waals surface area (Å²) in [5.74, 6) is -0.0599. The standard InChI is InChI=1S/C16H20N2O3/c1-3-5-7-11(4-2)16(19)12-10-17-13-8-6-9-14(15(12)13)18(20)21/h6,8-11,17H,3-5,7H2,1-2H3. The van der Waals surface area contributed by atoms with Gasteiger partial charge in [0.05, 0.1) is 21.4 Å². The summed E-state index contributed by atoms with van der Waals surface area (Å²) in [7, 11) is 0. The number of fused-ring (bicyclic) bond motifs is 1. The van der Waals surface area contributed by atoms with Gasteiger partial charge in [0.1, 0.15) is 0 Å². The minimum Gasteiger partial charge on any atom is -0.360 e. The summed E-state index contributed by atoms with van der Waals surface area (Å²) in [5.41, 5.74) is 1.07. The number of hydrogen-bond acceptors (Lipinski definition) is 3. The number of non-ortho nitro benzene ring substituents is 1. The normalized spacial score (nSPS) is 12.5. The van der Waals surface area contributed by atoms with Gasteiger partial charge < -0.3 is 4.98 Å². The molecule has 1 aromatic heterocycles. The van der Waals surface area contributed by atoms with Gasteiger partial charge in [-0.2, -0.15) is 0 Å². The van der Waals surface area contributed by atoms with Gasteiger partial charge in [-0.1, -0.05) is 32.8 Å². The number of benzene rings is 1. The van der Waals surface area contributed by atoms with Gasteiger partial charge in [-0.15, -0.1) is 0 Å². The molecule has 5 nitrogen and oxygen atoms in total. The second kappa shape index (κ2) is 6.52. The van der Waals surface area contributed by atoms with E-state index in [0.29, 0.717) is 16.5 Å². The fraction of sp³-hybridized carbons (Fsp3) is 0.438. The molecule has 1 N–H and O–H groups in total. The lowest BCUT2D eigenvalue weighted by molar-refractivity contribution is -0.383. The van der Waals surface area contributed by atoms with Crippen molar-refractivity contribution in [2.45, 2.75) is 39.5 Å². The number of nitro benzene ring substituents is 1. The minimum absolute atomic E-state index is 0.00602. The Labute approximate surface area is 123 Å². The van der Waals surface area contributed by atoms with Gasteiger partial charge >= 0.3 is 0 Å². The fourth-order valence-electron chi connectivity index (χ4n) is 2.70. The topological polar surface area (TPSA) is 76.0 Å². The van der Waals surface area contributed by atoms with Crippen molar-refractivity contribution in [3.8, 4) is 0 Å². The van der Waals surface area contributed by atoms with E-state index in [2.05, 4.69) is 11.9 Å². The van der Waals surface area contributed by atoms with Gasteiger partial charge in [0, 0.05) is 18.2 Å². The molecule has 21 heavy (non-hydrogen) atoms. The van der Waals surface area contributed by atoms with Gasteiger partial charge in [-0.25, -0.2) is 0 Å². The maximum atomic E-state index is 12.7. The Morgan fingerprint density at radius 3 is 2.76 bits per heavy atom. The van der Waals surface area contributed by atoms with Crippen molar-refractivity contribution in [3.05, 3.63) is 40.1 Å². The van der Waals surface area contributed by atoms with E-state index in [1.807, 2.05) is 6.92 Å². The summed E-state index contributed by atoms with van der Waals surface area (Å²) >= 11 is 0. The van der Waals surface area contributed by atoms with Crippen molar-refractivity contribution in [1.29, 1.82) is 0 Å². The minimum atomic E-state index is -0.431. The van der Waals surface area contributed by atoms with Crippen LogP contribution in [0.3, 0.4) is 0 Å². The third-order valence-corrected chi connectivity index (χ3v) is 3.92. The molecule has 1 atom stereocenters. The molecule has 0 saturated carbocycles. The zero-order chi connectivity index (χ0) is 15.4. The fourth-order valence-corrected chi connectivity index (χ4v) is 2.70. The van der Waals surface area contributed by atoms with Gasteiger partial charge in [0.25, 0.3) is 5.69 Å². The quantitative estimate of drug-likeness (QED) is 0.463. The van der Waals surface area contributed by atoms with E-state index in [1.165, 1.54) is 6.07 Å². The van der Waals surface area contributed by atoms with Crippen LogP contribution in [0.1, 0.15) is 49.9 Å². The predicted octanol–water partition coefficient (Wildman–Crippen LogP) is 4.48. The van der Waals surface area contributed by atoms with E-state index in [-0.39, 0.29) is 17.4 Å². The first-order valence-electron chi connectivity index (χ1n) is 7.38. The maximum absolute atomic E-state index is 12.7. The van der Waals surface area contributed by atoms with Crippen molar-refractivity contribution in [2.75, 3.05) is 0 Å². The van der Waals surface area contributed by atoms with Crippen molar-refractivity contribution < 1.29 is 9.72 Å². The van der Waals surface area contributed by atoms with Crippen LogP contribution < -0.4 is 0 Å². The summed E-state index contributed by atoms with van der Waals surface area (Å²) in [6, 6.07) is 4.83. The first-order chi connectivity index (χ1) is 10.1. The molecule has 0 spiro atoms. The van der Waals surface area contributed by atoms with Crippen molar-refractivity contribution in [1.82, 2.24) is 4.98 Å². The molecule has 1 unspecified atom stereocenters. The highest BCUT2D eigenvalue weighted by molar-refractivity contribution is 6.11. The highest BCUT2D eigenvalue weighted by Crippen LogP contribution is 2.31. The number of nitrogens with zero attached hydrogens (tertiary/aromatic N) is 1. The number of ketones is 1. The highest BCUT2D eigenvalue weighted by atomic mass is 16.6. The zero-order valence-electron chi connectivity index (χ0n) is 12.4. The summed E-state index contributed by atoms with van der Waals surface area (Å²) in [6.07, 6.45) is 5.23. The van der Waals surface area contributed by atoms with Gasteiger partial charge in [0.2, 0.25) is 0 Å². The Hall–Kier alpha value is -2.17. The summed E-state index contributed by atoms with van der Waals surface area (Å²) in [5, 5.41) is 11.6. The Balaban J connectivity index is 2.46. The Morgan fingerprint density at radius 1 is 1.38 bits per heavy atom. The molecule has 0 aliphatic carbocycles. The molecule has 1 heterocycles. The van der Waals surface area contributed by atoms with E-state index >= 15 is 0 Å². The molecule has 2 aromatic rings. The van der Waals surface area contributed by atoms with Crippen LogP contribution in [0, 0.1) is 16.0 Å². The van der Waals surface area contributed by atoms with Crippen LogP contribution in [0.5, 0.6) is 0 Å². The Morgan fingerprint density at radius 2 is 2.14 bits per heavy atom. The average Bonchev–Trinajstić information content (AvgIpc) is 2.91. The first kappa shape index (κ1) is 15.2. The zero-order valence-corrected chi connectivity index (χ0v) is 12.4. The van der Waals surface area contributed by atoms with Crippen LogP contribution in [0.4, 0.5) is 5.69 Å². The lowest BCUT2D eigenvalue weighted by Gasteiger charge is -2.12. The third kappa shape index (κ3) is 2.96. The molecule has 0 aliphatic heterocycles. The van der Waals surface area contributed by atoms with Crippen LogP contribution >= 0.6 is 0 Å². The van der Waals surface area contributed by atoms with Crippen molar-refractivity contribution in [3.63, 3.8) is 0 Å². The molecule has 0 radical (unpaired) electrons. The number of carbonyl (C=O) groups is 1. The van der Waals surface area contributed by atoms with Crippen LogP contribution in [0.15, 0.2) is 24.4 Å². The van der Waals surface area contributed by atoms with Crippen molar-refractivity contribution >= 4 is 22.4 Å². The summed E-state index contributed by atoms with van der Waals surface area (Å²) in [4.78, 5) is 26.4. The molecule has 0 bridgehead atoms. The Kier molecular flexibility index (Phi) is 4.73. The first-order valence-corrected chi connectivity index (χ1v) is 7.38. The van der Waals surface area contributed by atoms with E-state index in [1.54, 1.807) is 18.3 Å². The molecule has 0 amide bonds. The number of carbonyl (C=O) groups excluding carboxylic acids is 1. The van der Waals surface area contributed by atoms with E-state index in [9.17, 15) is 14.9 Å². The molecule has 1 aromatic carbocycles. The van der Waals surface area contributed by atoms with Crippen LogP contribution in [-0.2, 0) is 0 Å². The number of unbranched alkanes of at least 4 members (excludes halogenated alkanes) is 1. The van der Waals surface area contributed by atoms with Crippen LogP contribution in [0.25, 0.3) is 10.9 Å². The number of nitrogens with one attached hydrogen (secondary N) is 1. The van der Waals surface area contributed by atoms with Crippen molar-refractivity contribution in [2.24, 2.45) is 5.92 Å². The molecule has 0 fully saturated rings. The number of nitro groups is 1. The van der Waals surface area contributed by atoms with Crippen LogP contribution in [0.2, 0.25) is 0 Å². The smallest absolute Gasteiger partial charge is 0.279 e. The molecular weight excluding hydrogens is 268 g/mol.